The number of carbonyl (C=O) groups is 1. The van der Waals surface area contributed by atoms with Gasteiger partial charge in [0.05, 0.1) is 35.3 Å². The SMILES string of the molecule is C[C@@H]1CC[C@@H]2[C@@H](C1)c1c(c3ccccc3c3nc4ccc(C(=O)N5CCOCC5)cc4nc13)OC2(C)C. The van der Waals surface area contributed by atoms with E-state index in [0.29, 0.717) is 49.6 Å². The first-order valence-corrected chi connectivity index (χ1v) is 13.6. The van der Waals surface area contributed by atoms with E-state index in [1.165, 1.54) is 12.0 Å². The summed E-state index contributed by atoms with van der Waals surface area (Å²) in [7, 11) is 0. The van der Waals surface area contributed by atoms with Gasteiger partial charge in [0.1, 0.15) is 11.4 Å². The molecule has 3 aromatic carbocycles. The van der Waals surface area contributed by atoms with E-state index < -0.39 is 0 Å². The fourth-order valence-corrected chi connectivity index (χ4v) is 6.98. The molecule has 3 atom stereocenters. The fraction of sp³-hybridized carbons (Fsp3) is 0.452. The topological polar surface area (TPSA) is 64.6 Å². The number of carbonyl (C=O) groups excluding carboxylic acids is 1. The van der Waals surface area contributed by atoms with Crippen molar-refractivity contribution in [2.75, 3.05) is 26.3 Å². The average Bonchev–Trinajstić information content (AvgIpc) is 2.91. The summed E-state index contributed by atoms with van der Waals surface area (Å²) in [5.41, 5.74) is 5.04. The smallest absolute Gasteiger partial charge is 0.254 e. The molecule has 7 rings (SSSR count). The molecule has 37 heavy (non-hydrogen) atoms. The van der Waals surface area contributed by atoms with E-state index in [0.717, 1.165) is 51.4 Å². The van der Waals surface area contributed by atoms with Gasteiger partial charge in [-0.2, -0.15) is 0 Å². The Bertz CT molecular complexity index is 1560. The lowest BCUT2D eigenvalue weighted by Crippen LogP contribution is -2.46. The molecule has 2 aliphatic heterocycles. The summed E-state index contributed by atoms with van der Waals surface area (Å²) >= 11 is 0. The third-order valence-electron chi connectivity index (χ3n) is 8.88. The summed E-state index contributed by atoms with van der Waals surface area (Å²) in [5, 5.41) is 2.18. The molecule has 190 valence electrons. The number of benzene rings is 3. The fourth-order valence-electron chi connectivity index (χ4n) is 6.98. The first-order valence-electron chi connectivity index (χ1n) is 13.6. The average molecular weight is 496 g/mol. The Balaban J connectivity index is 1.47. The molecule has 1 saturated heterocycles. The van der Waals surface area contributed by atoms with E-state index in [1.807, 2.05) is 23.1 Å². The van der Waals surface area contributed by atoms with Crippen LogP contribution < -0.4 is 4.74 Å². The van der Waals surface area contributed by atoms with Crippen molar-refractivity contribution < 1.29 is 14.3 Å². The number of fused-ring (bicyclic) bond motifs is 9. The number of morpholine rings is 1. The van der Waals surface area contributed by atoms with Gasteiger partial charge in [0.15, 0.2) is 0 Å². The second-order valence-corrected chi connectivity index (χ2v) is 11.7. The standard InChI is InChI=1S/C31H33N3O3/c1-18-8-10-23-22(16-18)26-28-27(20-6-4-5-7-21(20)29(26)37-31(23,2)3)32-24-11-9-19(17-25(24)33-28)30(35)34-12-14-36-15-13-34/h4-7,9,11,17-18,22-23H,8,10,12-16H2,1-3H3/t18-,22-,23-/m1/s1. The van der Waals surface area contributed by atoms with Crippen molar-refractivity contribution in [3.8, 4) is 5.75 Å². The molecule has 6 nitrogen and oxygen atoms in total. The van der Waals surface area contributed by atoms with E-state index >= 15 is 0 Å². The van der Waals surface area contributed by atoms with Crippen LogP contribution >= 0.6 is 0 Å². The van der Waals surface area contributed by atoms with Crippen LogP contribution in [-0.2, 0) is 4.74 Å². The molecule has 4 aromatic rings. The normalized spacial score (nSPS) is 25.1. The monoisotopic (exact) mass is 495 g/mol. The number of nitrogens with zero attached hydrogens (tertiary/aromatic N) is 3. The second kappa shape index (κ2) is 8.38. The zero-order valence-electron chi connectivity index (χ0n) is 21.8. The summed E-state index contributed by atoms with van der Waals surface area (Å²) in [6, 6.07) is 14.2. The molecule has 3 heterocycles. The van der Waals surface area contributed by atoms with Gasteiger partial charge in [-0.3, -0.25) is 4.79 Å². The molecule has 1 aromatic heterocycles. The quantitative estimate of drug-likeness (QED) is 0.236. The molecular formula is C31H33N3O3. The maximum Gasteiger partial charge on any atom is 0.254 e. The number of amides is 1. The third kappa shape index (κ3) is 3.60. The van der Waals surface area contributed by atoms with Gasteiger partial charge in [-0.1, -0.05) is 37.6 Å². The van der Waals surface area contributed by atoms with Gasteiger partial charge in [0, 0.05) is 40.9 Å². The molecule has 0 unspecified atom stereocenters. The van der Waals surface area contributed by atoms with Crippen LogP contribution in [-0.4, -0.2) is 52.7 Å². The van der Waals surface area contributed by atoms with Crippen LogP contribution in [0.15, 0.2) is 42.5 Å². The maximum atomic E-state index is 13.2. The molecule has 0 N–H and O–H groups in total. The Morgan fingerprint density at radius 2 is 1.73 bits per heavy atom. The van der Waals surface area contributed by atoms with E-state index in [9.17, 15) is 4.79 Å². The summed E-state index contributed by atoms with van der Waals surface area (Å²) in [5.74, 6) is 2.47. The molecule has 2 fully saturated rings. The molecule has 0 bridgehead atoms. The predicted octanol–water partition coefficient (Wildman–Crippen LogP) is 6.10. The summed E-state index contributed by atoms with van der Waals surface area (Å²) < 4.78 is 12.3. The van der Waals surface area contributed by atoms with Crippen LogP contribution in [0.4, 0.5) is 0 Å². The molecule has 3 aliphatic rings. The van der Waals surface area contributed by atoms with Crippen molar-refractivity contribution in [1.82, 2.24) is 14.9 Å². The minimum atomic E-state index is -0.240. The van der Waals surface area contributed by atoms with Gasteiger partial charge in [-0.25, -0.2) is 9.97 Å². The van der Waals surface area contributed by atoms with Crippen molar-refractivity contribution in [3.05, 3.63) is 53.6 Å². The highest BCUT2D eigenvalue weighted by molar-refractivity contribution is 6.11. The van der Waals surface area contributed by atoms with Crippen LogP contribution in [0, 0.1) is 11.8 Å². The van der Waals surface area contributed by atoms with Crippen molar-refractivity contribution >= 4 is 38.7 Å². The van der Waals surface area contributed by atoms with Crippen LogP contribution in [0.25, 0.3) is 32.8 Å². The zero-order chi connectivity index (χ0) is 25.3. The van der Waals surface area contributed by atoms with E-state index in [-0.39, 0.29) is 11.5 Å². The molecule has 1 saturated carbocycles. The van der Waals surface area contributed by atoms with Crippen LogP contribution in [0.1, 0.15) is 61.9 Å². The lowest BCUT2D eigenvalue weighted by molar-refractivity contribution is -0.0115. The van der Waals surface area contributed by atoms with Gasteiger partial charge in [0.2, 0.25) is 0 Å². The first kappa shape index (κ1) is 22.9. The summed E-state index contributed by atoms with van der Waals surface area (Å²) in [6.07, 6.45) is 3.52. The molecule has 6 heteroatoms. The van der Waals surface area contributed by atoms with E-state index in [4.69, 9.17) is 19.4 Å². The van der Waals surface area contributed by atoms with Crippen molar-refractivity contribution in [2.24, 2.45) is 11.8 Å². The van der Waals surface area contributed by atoms with Crippen molar-refractivity contribution in [1.29, 1.82) is 0 Å². The number of hydrogen-bond acceptors (Lipinski definition) is 5. The Morgan fingerprint density at radius 1 is 0.973 bits per heavy atom. The number of hydrogen-bond donors (Lipinski definition) is 0. The highest BCUT2D eigenvalue weighted by Gasteiger charge is 2.47. The number of ether oxygens (including phenoxy) is 2. The largest absolute Gasteiger partial charge is 0.487 e. The minimum Gasteiger partial charge on any atom is -0.487 e. The molecule has 0 radical (unpaired) electrons. The van der Waals surface area contributed by atoms with Gasteiger partial charge in [0.25, 0.3) is 5.91 Å². The van der Waals surface area contributed by atoms with E-state index in [1.54, 1.807) is 0 Å². The number of rotatable bonds is 1. The molecule has 1 amide bonds. The van der Waals surface area contributed by atoms with Gasteiger partial charge < -0.3 is 14.4 Å². The molecule has 0 spiro atoms. The van der Waals surface area contributed by atoms with Crippen molar-refractivity contribution in [2.45, 2.75) is 51.6 Å². The minimum absolute atomic E-state index is 0.0267. The second-order valence-electron chi connectivity index (χ2n) is 11.7. The maximum absolute atomic E-state index is 13.2. The highest BCUT2D eigenvalue weighted by atomic mass is 16.5. The predicted molar refractivity (Wildman–Crippen MR) is 145 cm³/mol. The van der Waals surface area contributed by atoms with Crippen LogP contribution in [0.2, 0.25) is 0 Å². The Kier molecular flexibility index (Phi) is 5.19. The van der Waals surface area contributed by atoms with Crippen LogP contribution in [0.3, 0.4) is 0 Å². The lowest BCUT2D eigenvalue weighted by Gasteiger charge is -2.49. The summed E-state index contributed by atoms with van der Waals surface area (Å²) in [4.78, 5) is 25.5. The van der Waals surface area contributed by atoms with Gasteiger partial charge in [-0.15, -0.1) is 0 Å². The molecule has 1 aliphatic carbocycles. The Morgan fingerprint density at radius 3 is 2.54 bits per heavy atom. The van der Waals surface area contributed by atoms with Crippen LogP contribution in [0.5, 0.6) is 5.75 Å². The Labute approximate surface area is 217 Å². The molecular weight excluding hydrogens is 462 g/mol. The zero-order valence-corrected chi connectivity index (χ0v) is 21.8. The highest BCUT2D eigenvalue weighted by Crippen LogP contribution is 2.56. The summed E-state index contributed by atoms with van der Waals surface area (Å²) in [6.45, 7) is 9.27. The van der Waals surface area contributed by atoms with Crippen molar-refractivity contribution in [3.63, 3.8) is 0 Å². The number of aromatic nitrogens is 2. The Hall–Kier alpha value is -3.25. The lowest BCUT2D eigenvalue weighted by atomic mass is 9.64. The first-order chi connectivity index (χ1) is 17.9. The third-order valence-corrected chi connectivity index (χ3v) is 8.88. The van der Waals surface area contributed by atoms with Gasteiger partial charge >= 0.3 is 0 Å². The van der Waals surface area contributed by atoms with Gasteiger partial charge in [-0.05, 0) is 56.7 Å². The van der Waals surface area contributed by atoms with E-state index in [2.05, 4.69) is 45.0 Å².